The molecule has 0 spiro atoms. The van der Waals surface area contributed by atoms with Gasteiger partial charge < -0.3 is 14.2 Å². The van der Waals surface area contributed by atoms with Crippen LogP contribution in [0, 0.1) is 16.7 Å². The van der Waals surface area contributed by atoms with Crippen LogP contribution in [0.2, 0.25) is 0 Å². The molecule has 1 aliphatic heterocycles. The summed E-state index contributed by atoms with van der Waals surface area (Å²) in [5.41, 5.74) is 3.80. The molecule has 5 nitrogen and oxygen atoms in total. The van der Waals surface area contributed by atoms with Crippen LogP contribution in [0.25, 0.3) is 11.1 Å². The molecule has 162 valence electrons. The molecule has 5 heteroatoms. The molecule has 0 saturated carbocycles. The van der Waals surface area contributed by atoms with E-state index in [4.69, 9.17) is 19.5 Å². The Morgan fingerprint density at radius 2 is 1.53 bits per heavy atom. The van der Waals surface area contributed by atoms with Crippen LogP contribution in [0.5, 0.6) is 11.5 Å². The lowest BCUT2D eigenvalue weighted by Gasteiger charge is -2.37. The van der Waals surface area contributed by atoms with Crippen LogP contribution >= 0.6 is 0 Å². The van der Waals surface area contributed by atoms with Crippen LogP contribution in [-0.2, 0) is 16.0 Å². The number of aryl methyl sites for hydroxylation is 1. The smallest absolute Gasteiger partial charge is 0.311 e. The average molecular weight is 428 g/mol. The van der Waals surface area contributed by atoms with Crippen molar-refractivity contribution in [1.29, 1.82) is 5.26 Å². The van der Waals surface area contributed by atoms with Crippen molar-refractivity contribution in [3.63, 3.8) is 0 Å². The maximum atomic E-state index is 12.2. The lowest BCUT2D eigenvalue weighted by Crippen LogP contribution is -2.44. The Bertz CT molecular complexity index is 1090. The van der Waals surface area contributed by atoms with Gasteiger partial charge in [-0.3, -0.25) is 4.79 Å². The van der Waals surface area contributed by atoms with E-state index in [2.05, 4.69) is 13.0 Å². The standard InChI is InChI=1S/C27H25NO4/c1-27(17-30-18-27)19-31-24-11-4-20(5-12-24)6-15-26(29)32-25-13-9-23(10-14-25)22-7-2-21(16-28)3-8-22/h2-5,7-14H,6,15,17-19H2,1H3. The molecule has 1 heterocycles. The highest BCUT2D eigenvalue weighted by molar-refractivity contribution is 5.73. The molecule has 4 rings (SSSR count). The number of nitriles is 1. The first-order chi connectivity index (χ1) is 15.5. The predicted octanol–water partition coefficient (Wildman–Crippen LogP) is 5.18. The number of carbonyl (C=O) groups excluding carboxylic acids is 1. The number of carbonyl (C=O) groups is 1. The summed E-state index contributed by atoms with van der Waals surface area (Å²) in [5, 5.41) is 8.90. The number of nitrogens with zero attached hydrogens (tertiary/aromatic N) is 1. The third-order valence-corrected chi connectivity index (χ3v) is 5.46. The van der Waals surface area contributed by atoms with Gasteiger partial charge in [0.25, 0.3) is 0 Å². The van der Waals surface area contributed by atoms with Crippen LogP contribution in [0.15, 0.2) is 72.8 Å². The Kier molecular flexibility index (Phi) is 6.53. The topological polar surface area (TPSA) is 68.5 Å². The lowest BCUT2D eigenvalue weighted by molar-refractivity contribution is -0.134. The first-order valence-corrected chi connectivity index (χ1v) is 10.6. The van der Waals surface area contributed by atoms with Gasteiger partial charge in [-0.15, -0.1) is 0 Å². The number of hydrogen-bond acceptors (Lipinski definition) is 5. The summed E-state index contributed by atoms with van der Waals surface area (Å²) in [6, 6.07) is 24.7. The molecule has 3 aromatic rings. The van der Waals surface area contributed by atoms with E-state index >= 15 is 0 Å². The third kappa shape index (κ3) is 5.54. The quantitative estimate of drug-likeness (QED) is 0.366. The van der Waals surface area contributed by atoms with Gasteiger partial charge in [-0.05, 0) is 59.5 Å². The molecule has 3 aromatic carbocycles. The summed E-state index contributed by atoms with van der Waals surface area (Å²) in [4.78, 5) is 12.2. The van der Waals surface area contributed by atoms with Crippen molar-refractivity contribution >= 4 is 5.97 Å². The molecular weight excluding hydrogens is 402 g/mol. The lowest BCUT2D eigenvalue weighted by atomic mass is 9.90. The van der Waals surface area contributed by atoms with Crippen molar-refractivity contribution in [3.8, 4) is 28.7 Å². The fraction of sp³-hybridized carbons (Fsp3) is 0.259. The van der Waals surface area contributed by atoms with Gasteiger partial charge in [0.15, 0.2) is 0 Å². The maximum absolute atomic E-state index is 12.2. The zero-order valence-corrected chi connectivity index (χ0v) is 18.0. The minimum absolute atomic E-state index is 0.114. The largest absolute Gasteiger partial charge is 0.493 e. The van der Waals surface area contributed by atoms with E-state index in [1.54, 1.807) is 24.3 Å². The normalized spacial score (nSPS) is 14.1. The van der Waals surface area contributed by atoms with E-state index in [0.717, 1.165) is 35.7 Å². The minimum atomic E-state index is -0.269. The highest BCUT2D eigenvalue weighted by Gasteiger charge is 2.34. The van der Waals surface area contributed by atoms with Gasteiger partial charge in [-0.2, -0.15) is 5.26 Å². The van der Waals surface area contributed by atoms with Gasteiger partial charge in [0.1, 0.15) is 11.5 Å². The number of rotatable bonds is 8. The van der Waals surface area contributed by atoms with Crippen molar-refractivity contribution in [2.24, 2.45) is 5.41 Å². The van der Waals surface area contributed by atoms with Gasteiger partial charge in [-0.1, -0.05) is 43.3 Å². The van der Waals surface area contributed by atoms with Crippen molar-refractivity contribution < 1.29 is 19.0 Å². The highest BCUT2D eigenvalue weighted by Crippen LogP contribution is 2.28. The zero-order chi connectivity index (χ0) is 22.4. The van der Waals surface area contributed by atoms with Crippen LogP contribution in [0.3, 0.4) is 0 Å². The highest BCUT2D eigenvalue weighted by atomic mass is 16.5. The zero-order valence-electron chi connectivity index (χ0n) is 18.0. The van der Waals surface area contributed by atoms with Crippen LogP contribution < -0.4 is 9.47 Å². The Hall–Kier alpha value is -3.62. The van der Waals surface area contributed by atoms with Gasteiger partial charge in [-0.25, -0.2) is 0 Å². The second-order valence-corrected chi connectivity index (χ2v) is 8.42. The molecule has 1 aliphatic rings. The number of esters is 1. The fourth-order valence-electron chi connectivity index (χ4n) is 3.43. The number of benzene rings is 3. The monoisotopic (exact) mass is 427 g/mol. The van der Waals surface area contributed by atoms with Gasteiger partial charge in [0, 0.05) is 11.8 Å². The first kappa shape index (κ1) is 21.6. The number of ether oxygens (including phenoxy) is 3. The SMILES string of the molecule is CC1(COc2ccc(CCC(=O)Oc3ccc(-c4ccc(C#N)cc4)cc3)cc2)COC1. The van der Waals surface area contributed by atoms with Crippen LogP contribution in [0.4, 0.5) is 0 Å². The second kappa shape index (κ2) is 9.67. The van der Waals surface area contributed by atoms with E-state index in [1.807, 2.05) is 48.5 Å². The molecular formula is C27H25NO4. The summed E-state index contributed by atoms with van der Waals surface area (Å²) in [6.45, 7) is 4.27. The summed E-state index contributed by atoms with van der Waals surface area (Å²) in [6.07, 6.45) is 0.904. The summed E-state index contributed by atoms with van der Waals surface area (Å²) >= 11 is 0. The summed E-state index contributed by atoms with van der Waals surface area (Å²) in [5.74, 6) is 1.07. The van der Waals surface area contributed by atoms with Crippen LogP contribution in [0.1, 0.15) is 24.5 Å². The Labute approximate surface area is 188 Å². The Balaban J connectivity index is 1.24. The predicted molar refractivity (Wildman–Crippen MR) is 121 cm³/mol. The Morgan fingerprint density at radius 3 is 2.09 bits per heavy atom. The van der Waals surface area contributed by atoms with E-state index in [1.165, 1.54) is 0 Å². The Morgan fingerprint density at radius 1 is 0.938 bits per heavy atom. The van der Waals surface area contributed by atoms with Gasteiger partial charge >= 0.3 is 5.97 Å². The van der Waals surface area contributed by atoms with Crippen molar-refractivity contribution in [2.45, 2.75) is 19.8 Å². The van der Waals surface area contributed by atoms with Crippen molar-refractivity contribution in [1.82, 2.24) is 0 Å². The van der Waals surface area contributed by atoms with E-state index in [0.29, 0.717) is 30.8 Å². The molecule has 0 amide bonds. The molecule has 0 N–H and O–H groups in total. The first-order valence-electron chi connectivity index (χ1n) is 10.6. The molecule has 1 fully saturated rings. The molecule has 0 bridgehead atoms. The number of hydrogen-bond donors (Lipinski definition) is 0. The molecule has 0 radical (unpaired) electrons. The average Bonchev–Trinajstić information content (AvgIpc) is 2.81. The van der Waals surface area contributed by atoms with E-state index in [-0.39, 0.29) is 11.4 Å². The third-order valence-electron chi connectivity index (χ3n) is 5.46. The fourth-order valence-corrected chi connectivity index (χ4v) is 3.43. The second-order valence-electron chi connectivity index (χ2n) is 8.42. The van der Waals surface area contributed by atoms with E-state index < -0.39 is 0 Å². The molecule has 1 saturated heterocycles. The minimum Gasteiger partial charge on any atom is -0.493 e. The van der Waals surface area contributed by atoms with Crippen LogP contribution in [-0.4, -0.2) is 25.8 Å². The molecule has 0 unspecified atom stereocenters. The van der Waals surface area contributed by atoms with Gasteiger partial charge in [0.05, 0.1) is 31.5 Å². The molecule has 0 aliphatic carbocycles. The van der Waals surface area contributed by atoms with Gasteiger partial charge in [0.2, 0.25) is 0 Å². The molecule has 0 aromatic heterocycles. The van der Waals surface area contributed by atoms with Crippen molar-refractivity contribution in [3.05, 3.63) is 83.9 Å². The molecule has 32 heavy (non-hydrogen) atoms. The van der Waals surface area contributed by atoms with E-state index in [9.17, 15) is 4.79 Å². The van der Waals surface area contributed by atoms with Crippen molar-refractivity contribution in [2.75, 3.05) is 19.8 Å². The summed E-state index contributed by atoms with van der Waals surface area (Å²) < 4.78 is 16.5. The maximum Gasteiger partial charge on any atom is 0.311 e. The summed E-state index contributed by atoms with van der Waals surface area (Å²) in [7, 11) is 0. The molecule has 0 atom stereocenters.